The predicted octanol–water partition coefficient (Wildman–Crippen LogP) is 3.24. The number of ether oxygens (including phenoxy) is 1. The minimum atomic E-state index is -4.43. The highest BCUT2D eigenvalue weighted by Crippen LogP contribution is 2.36. The second-order valence-electron chi connectivity index (χ2n) is 4.01. The van der Waals surface area contributed by atoms with Crippen molar-refractivity contribution in [2.75, 3.05) is 0 Å². The summed E-state index contributed by atoms with van der Waals surface area (Å²) < 4.78 is 43.1. The van der Waals surface area contributed by atoms with Crippen LogP contribution in [-0.2, 0) is 6.18 Å². The molecule has 0 saturated carbocycles. The van der Waals surface area contributed by atoms with Gasteiger partial charge in [0.15, 0.2) is 0 Å². The highest BCUT2D eigenvalue weighted by molar-refractivity contribution is 5.35. The fraction of sp³-hybridized carbons (Fsp3) is 0.500. The first-order valence-corrected chi connectivity index (χ1v) is 5.31. The van der Waals surface area contributed by atoms with Gasteiger partial charge in [-0.15, -0.1) is 0 Å². The molecule has 1 N–H and O–H groups in total. The van der Waals surface area contributed by atoms with E-state index < -0.39 is 23.9 Å². The molecule has 0 aliphatic heterocycles. The Bertz CT molecular complexity index is 361. The highest BCUT2D eigenvalue weighted by Gasteiger charge is 2.34. The summed E-state index contributed by atoms with van der Waals surface area (Å²) in [6, 6.07) is 5.06. The lowest BCUT2D eigenvalue weighted by atomic mass is 10.1. The lowest BCUT2D eigenvalue weighted by Gasteiger charge is -2.19. The zero-order chi connectivity index (χ0) is 13.1. The summed E-state index contributed by atoms with van der Waals surface area (Å²) in [5.74, 6) is -0.201. The van der Waals surface area contributed by atoms with E-state index in [0.29, 0.717) is 0 Å². The topological polar surface area (TPSA) is 29.5 Å². The van der Waals surface area contributed by atoms with E-state index in [4.69, 9.17) is 9.84 Å². The summed E-state index contributed by atoms with van der Waals surface area (Å²) >= 11 is 0. The number of hydrogen-bond acceptors (Lipinski definition) is 2. The molecule has 1 rings (SSSR count). The number of alkyl halides is 3. The van der Waals surface area contributed by atoms with Crippen molar-refractivity contribution in [2.45, 2.75) is 38.7 Å². The van der Waals surface area contributed by atoms with Crippen molar-refractivity contribution in [1.29, 1.82) is 0 Å². The van der Waals surface area contributed by atoms with E-state index in [2.05, 4.69) is 0 Å². The lowest BCUT2D eigenvalue weighted by Crippen LogP contribution is -2.20. The highest BCUT2D eigenvalue weighted by atomic mass is 19.4. The second kappa shape index (κ2) is 5.40. The Balaban J connectivity index is 2.84. The van der Waals surface area contributed by atoms with Crippen molar-refractivity contribution < 1.29 is 23.0 Å². The summed E-state index contributed by atoms with van der Waals surface area (Å²) in [5.41, 5.74) is -0.794. The average molecular weight is 248 g/mol. The van der Waals surface area contributed by atoms with Gasteiger partial charge in [-0.2, -0.15) is 13.2 Å². The van der Waals surface area contributed by atoms with Gasteiger partial charge in [0.05, 0.1) is 17.8 Å². The molecule has 0 bridgehead atoms. The number of halogens is 3. The molecule has 5 heteroatoms. The van der Waals surface area contributed by atoms with Crippen LogP contribution in [0, 0.1) is 0 Å². The Labute approximate surface area is 98.0 Å². The van der Waals surface area contributed by atoms with Crippen LogP contribution in [0.25, 0.3) is 0 Å². The first-order valence-electron chi connectivity index (χ1n) is 5.31. The fourth-order valence-electron chi connectivity index (χ4n) is 1.55. The van der Waals surface area contributed by atoms with Crippen LogP contribution in [-0.4, -0.2) is 17.3 Å². The second-order valence-corrected chi connectivity index (χ2v) is 4.01. The Morgan fingerprint density at radius 3 is 2.35 bits per heavy atom. The molecule has 2 atom stereocenters. The van der Waals surface area contributed by atoms with Crippen LogP contribution in [0.3, 0.4) is 0 Å². The number of benzene rings is 1. The molecule has 96 valence electrons. The smallest absolute Gasteiger partial charge is 0.419 e. The van der Waals surface area contributed by atoms with Crippen LogP contribution in [0.1, 0.15) is 25.8 Å². The summed E-state index contributed by atoms with van der Waals surface area (Å²) in [6.07, 6.45) is -5.23. The van der Waals surface area contributed by atoms with Gasteiger partial charge in [0, 0.05) is 6.42 Å². The molecule has 17 heavy (non-hydrogen) atoms. The van der Waals surface area contributed by atoms with E-state index in [1.54, 1.807) is 13.8 Å². The standard InChI is InChI=1S/C12H15F3O2/c1-8(16)7-9(2)17-11-6-4-3-5-10(11)12(13,14)15/h3-6,8-9,16H,7H2,1-2H3. The van der Waals surface area contributed by atoms with Gasteiger partial charge in [0.1, 0.15) is 5.75 Å². The fourth-order valence-corrected chi connectivity index (χ4v) is 1.55. The van der Waals surface area contributed by atoms with Crippen molar-refractivity contribution in [2.24, 2.45) is 0 Å². The molecule has 0 fully saturated rings. The molecule has 2 nitrogen and oxygen atoms in total. The first-order chi connectivity index (χ1) is 7.80. The van der Waals surface area contributed by atoms with Crippen molar-refractivity contribution >= 4 is 0 Å². The van der Waals surface area contributed by atoms with Gasteiger partial charge in [-0.3, -0.25) is 0 Å². The number of rotatable bonds is 4. The molecule has 0 aliphatic rings. The number of aliphatic hydroxyl groups is 1. The molecular formula is C12H15F3O2. The number of aliphatic hydroxyl groups excluding tert-OH is 1. The predicted molar refractivity (Wildman–Crippen MR) is 57.8 cm³/mol. The monoisotopic (exact) mass is 248 g/mol. The molecule has 1 aromatic carbocycles. The third-order valence-electron chi connectivity index (χ3n) is 2.19. The van der Waals surface area contributed by atoms with Gasteiger partial charge in [-0.05, 0) is 26.0 Å². The largest absolute Gasteiger partial charge is 0.490 e. The van der Waals surface area contributed by atoms with Crippen LogP contribution in [0.5, 0.6) is 5.75 Å². The molecule has 0 radical (unpaired) electrons. The number of para-hydroxylation sites is 1. The van der Waals surface area contributed by atoms with Crippen LogP contribution in [0.2, 0.25) is 0 Å². The third-order valence-corrected chi connectivity index (χ3v) is 2.19. The van der Waals surface area contributed by atoms with Crippen molar-refractivity contribution in [3.8, 4) is 5.75 Å². The van der Waals surface area contributed by atoms with E-state index in [-0.39, 0.29) is 12.2 Å². The normalized spacial score (nSPS) is 15.4. The molecular weight excluding hydrogens is 233 g/mol. The van der Waals surface area contributed by atoms with Gasteiger partial charge in [0.25, 0.3) is 0 Å². The van der Waals surface area contributed by atoms with E-state index in [1.807, 2.05) is 0 Å². The van der Waals surface area contributed by atoms with Crippen molar-refractivity contribution in [1.82, 2.24) is 0 Å². The Kier molecular flexibility index (Phi) is 4.40. The van der Waals surface area contributed by atoms with Gasteiger partial charge >= 0.3 is 6.18 Å². The maximum atomic E-state index is 12.6. The van der Waals surface area contributed by atoms with E-state index in [9.17, 15) is 13.2 Å². The zero-order valence-electron chi connectivity index (χ0n) is 9.66. The quantitative estimate of drug-likeness (QED) is 0.886. The SMILES string of the molecule is CC(O)CC(C)Oc1ccccc1C(F)(F)F. The molecule has 0 amide bonds. The maximum absolute atomic E-state index is 12.6. The maximum Gasteiger partial charge on any atom is 0.419 e. The van der Waals surface area contributed by atoms with Crippen LogP contribution < -0.4 is 4.74 Å². The van der Waals surface area contributed by atoms with Crippen LogP contribution in [0.4, 0.5) is 13.2 Å². The van der Waals surface area contributed by atoms with Gasteiger partial charge in [-0.1, -0.05) is 12.1 Å². The lowest BCUT2D eigenvalue weighted by molar-refractivity contribution is -0.139. The average Bonchev–Trinajstić information content (AvgIpc) is 2.15. The van der Waals surface area contributed by atoms with E-state index in [1.165, 1.54) is 18.2 Å². The van der Waals surface area contributed by atoms with Gasteiger partial charge in [0.2, 0.25) is 0 Å². The van der Waals surface area contributed by atoms with E-state index >= 15 is 0 Å². The molecule has 0 aliphatic carbocycles. The molecule has 0 spiro atoms. The summed E-state index contributed by atoms with van der Waals surface area (Å²) in [7, 11) is 0. The van der Waals surface area contributed by atoms with Crippen molar-refractivity contribution in [3.63, 3.8) is 0 Å². The molecule has 1 aromatic rings. The molecule has 0 aromatic heterocycles. The Hall–Kier alpha value is -1.23. The minimum absolute atomic E-state index is 0.201. The summed E-state index contributed by atoms with van der Waals surface area (Å²) in [6.45, 7) is 3.19. The Morgan fingerprint density at radius 2 is 1.82 bits per heavy atom. The summed E-state index contributed by atoms with van der Waals surface area (Å²) in [4.78, 5) is 0. The zero-order valence-corrected chi connectivity index (χ0v) is 9.66. The number of hydrogen-bond donors (Lipinski definition) is 1. The Morgan fingerprint density at radius 1 is 1.24 bits per heavy atom. The third kappa shape index (κ3) is 4.26. The van der Waals surface area contributed by atoms with E-state index in [0.717, 1.165) is 6.07 Å². The minimum Gasteiger partial charge on any atom is -0.490 e. The molecule has 0 saturated heterocycles. The van der Waals surface area contributed by atoms with Gasteiger partial charge < -0.3 is 9.84 Å². The van der Waals surface area contributed by atoms with Crippen molar-refractivity contribution in [3.05, 3.63) is 29.8 Å². The van der Waals surface area contributed by atoms with Crippen LogP contribution in [0.15, 0.2) is 24.3 Å². The molecule has 2 unspecified atom stereocenters. The van der Waals surface area contributed by atoms with Crippen LogP contribution >= 0.6 is 0 Å². The summed E-state index contributed by atoms with van der Waals surface area (Å²) in [5, 5.41) is 9.13. The first kappa shape index (κ1) is 13.8. The van der Waals surface area contributed by atoms with Gasteiger partial charge in [-0.25, -0.2) is 0 Å². The molecule has 0 heterocycles.